The highest BCUT2D eigenvalue weighted by molar-refractivity contribution is 9.10. The number of thiazole rings is 1. The van der Waals surface area contributed by atoms with Gasteiger partial charge in [-0.3, -0.25) is 23.7 Å². The average molecular weight is 735 g/mol. The van der Waals surface area contributed by atoms with Crippen molar-refractivity contribution >= 4 is 94.8 Å². The van der Waals surface area contributed by atoms with Crippen molar-refractivity contribution in [1.29, 1.82) is 0 Å². The average Bonchev–Trinajstić information content (AvgIpc) is 3.43. The van der Waals surface area contributed by atoms with E-state index in [1.54, 1.807) is 24.3 Å². The zero-order valence-corrected chi connectivity index (χ0v) is 27.0. The summed E-state index contributed by atoms with van der Waals surface area (Å²) < 4.78 is 3.09. The molecule has 0 spiro atoms. The van der Waals surface area contributed by atoms with Crippen LogP contribution in [0.3, 0.4) is 0 Å². The summed E-state index contributed by atoms with van der Waals surface area (Å²) in [7, 11) is 0. The van der Waals surface area contributed by atoms with E-state index in [0.29, 0.717) is 21.3 Å². The summed E-state index contributed by atoms with van der Waals surface area (Å²) in [5.41, 5.74) is 1.94. The summed E-state index contributed by atoms with van der Waals surface area (Å²) in [6, 6.07) is 28.2. The van der Waals surface area contributed by atoms with Crippen LogP contribution in [0.25, 0.3) is 10.8 Å². The Balaban J connectivity index is 1.26. The molecule has 0 radical (unpaired) electrons. The number of nitrogens with one attached hydrogen (secondary N) is 1. The van der Waals surface area contributed by atoms with E-state index in [4.69, 9.17) is 0 Å². The van der Waals surface area contributed by atoms with E-state index >= 15 is 0 Å². The van der Waals surface area contributed by atoms with Gasteiger partial charge in [-0.2, -0.15) is 0 Å². The van der Waals surface area contributed by atoms with Crippen molar-refractivity contribution in [2.24, 2.45) is 5.92 Å². The summed E-state index contributed by atoms with van der Waals surface area (Å²) in [4.78, 5) is 56.2. The van der Waals surface area contributed by atoms with E-state index in [2.05, 4.69) is 37.2 Å². The highest BCUT2D eigenvalue weighted by Crippen LogP contribution is 2.54. The molecule has 43 heavy (non-hydrogen) atoms. The largest absolute Gasteiger partial charge is 0.325 e. The highest BCUT2D eigenvalue weighted by atomic mass is 79.9. The Morgan fingerprint density at radius 1 is 0.814 bits per heavy atom. The maximum absolute atomic E-state index is 14.0. The van der Waals surface area contributed by atoms with Gasteiger partial charge in [-0.25, -0.2) is 4.90 Å². The summed E-state index contributed by atoms with van der Waals surface area (Å²) >= 11 is 9.18. The SMILES string of the molecule is O=C(Cn1c2c(sc1=O)[C@H](c1cccc(Br)c1)C1C(=O)N(c3ccc(Br)cc3)C(=O)C1S2)Nc1ccc2ccccc2c1. The van der Waals surface area contributed by atoms with Crippen LogP contribution in [-0.2, 0) is 20.9 Å². The first-order valence-electron chi connectivity index (χ1n) is 13.4. The van der Waals surface area contributed by atoms with Gasteiger partial charge in [0.05, 0.1) is 16.6 Å². The van der Waals surface area contributed by atoms with Crippen molar-refractivity contribution in [2.45, 2.75) is 22.7 Å². The Bertz CT molecular complexity index is 2010. The minimum absolute atomic E-state index is 0.217. The molecular formula is C32H21Br2N3O4S2. The molecule has 2 aliphatic rings. The molecular weight excluding hydrogens is 714 g/mol. The number of rotatable bonds is 5. The van der Waals surface area contributed by atoms with Crippen molar-refractivity contribution in [3.05, 3.63) is 120 Å². The Hall–Kier alpha value is -3.51. The number of fused-ring (bicyclic) bond motifs is 3. The van der Waals surface area contributed by atoms with E-state index in [1.807, 2.05) is 66.7 Å². The van der Waals surface area contributed by atoms with Gasteiger partial charge in [0, 0.05) is 25.4 Å². The van der Waals surface area contributed by atoms with Crippen LogP contribution in [-0.4, -0.2) is 27.5 Å². The van der Waals surface area contributed by atoms with Gasteiger partial charge in [-0.1, -0.05) is 97.4 Å². The number of thioether (sulfide) groups is 1. The van der Waals surface area contributed by atoms with Crippen LogP contribution < -0.4 is 15.1 Å². The Labute approximate surface area is 271 Å². The molecule has 1 N–H and O–H groups in total. The van der Waals surface area contributed by atoms with Crippen LogP contribution in [0.2, 0.25) is 0 Å². The van der Waals surface area contributed by atoms with E-state index in [1.165, 1.54) is 21.2 Å². The lowest BCUT2D eigenvalue weighted by atomic mass is 9.83. The summed E-state index contributed by atoms with van der Waals surface area (Å²) in [5.74, 6) is -2.23. The highest BCUT2D eigenvalue weighted by Gasteiger charge is 2.56. The van der Waals surface area contributed by atoms with Crippen LogP contribution in [0.5, 0.6) is 0 Å². The number of halogens is 2. The van der Waals surface area contributed by atoms with Crippen LogP contribution in [0.1, 0.15) is 16.4 Å². The fraction of sp³-hybridized carbons (Fsp3) is 0.125. The van der Waals surface area contributed by atoms with Gasteiger partial charge in [0.25, 0.3) is 0 Å². The zero-order valence-electron chi connectivity index (χ0n) is 22.2. The molecule has 0 bridgehead atoms. The third-order valence-corrected chi connectivity index (χ3v) is 11.3. The lowest BCUT2D eigenvalue weighted by Crippen LogP contribution is -2.33. The van der Waals surface area contributed by atoms with Gasteiger partial charge in [-0.15, -0.1) is 0 Å². The van der Waals surface area contributed by atoms with Gasteiger partial charge >= 0.3 is 4.87 Å². The maximum atomic E-state index is 14.0. The van der Waals surface area contributed by atoms with Crippen LogP contribution in [0.4, 0.5) is 11.4 Å². The molecule has 214 valence electrons. The first-order valence-corrected chi connectivity index (χ1v) is 16.6. The Kier molecular flexibility index (Phi) is 7.37. The fourth-order valence-corrected chi connectivity index (χ4v) is 9.22. The molecule has 1 aromatic heterocycles. The molecule has 0 aliphatic carbocycles. The van der Waals surface area contributed by atoms with Crippen molar-refractivity contribution in [3.63, 3.8) is 0 Å². The molecule has 3 atom stereocenters. The number of hydrogen-bond donors (Lipinski definition) is 1. The molecule has 11 heteroatoms. The van der Waals surface area contributed by atoms with Crippen LogP contribution >= 0.6 is 55.0 Å². The predicted molar refractivity (Wildman–Crippen MR) is 177 cm³/mol. The van der Waals surface area contributed by atoms with E-state index < -0.39 is 17.1 Å². The minimum atomic E-state index is -0.753. The number of hydrogen-bond acceptors (Lipinski definition) is 6. The number of amides is 3. The summed E-state index contributed by atoms with van der Waals surface area (Å²) in [6.45, 7) is -0.217. The van der Waals surface area contributed by atoms with Crippen molar-refractivity contribution in [1.82, 2.24) is 4.57 Å². The topological polar surface area (TPSA) is 88.5 Å². The summed E-state index contributed by atoms with van der Waals surface area (Å²) in [6.07, 6.45) is 0. The monoisotopic (exact) mass is 733 g/mol. The third-order valence-electron chi connectivity index (χ3n) is 7.68. The third kappa shape index (κ3) is 5.08. The van der Waals surface area contributed by atoms with Gasteiger partial charge in [0.2, 0.25) is 17.7 Å². The Morgan fingerprint density at radius 3 is 2.35 bits per heavy atom. The second kappa shape index (κ2) is 11.2. The smallest absolute Gasteiger partial charge is 0.308 e. The molecule has 1 saturated heterocycles. The molecule has 2 unspecified atom stereocenters. The van der Waals surface area contributed by atoms with Gasteiger partial charge < -0.3 is 5.32 Å². The lowest BCUT2D eigenvalue weighted by molar-refractivity contribution is -0.122. The van der Waals surface area contributed by atoms with Gasteiger partial charge in [-0.05, 0) is 64.9 Å². The van der Waals surface area contributed by atoms with Crippen molar-refractivity contribution in [2.75, 3.05) is 10.2 Å². The van der Waals surface area contributed by atoms with Gasteiger partial charge in [0.1, 0.15) is 11.8 Å². The normalized spacial score (nSPS) is 19.4. The second-order valence-electron chi connectivity index (χ2n) is 10.3. The number of carbonyl (C=O) groups excluding carboxylic acids is 3. The number of carbonyl (C=O) groups is 3. The maximum Gasteiger partial charge on any atom is 0.308 e. The van der Waals surface area contributed by atoms with Gasteiger partial charge in [0.15, 0.2) is 0 Å². The molecule has 1 fully saturated rings. The van der Waals surface area contributed by atoms with Crippen molar-refractivity contribution in [3.8, 4) is 0 Å². The number of benzene rings is 4. The number of imide groups is 1. The molecule has 3 heterocycles. The molecule has 2 aliphatic heterocycles. The number of anilines is 2. The second-order valence-corrected chi connectivity index (χ2v) is 14.3. The van der Waals surface area contributed by atoms with E-state index in [0.717, 1.165) is 36.6 Å². The fourth-order valence-electron chi connectivity index (χ4n) is 5.77. The lowest BCUT2D eigenvalue weighted by Gasteiger charge is -2.30. The molecule has 3 amide bonds. The standard InChI is InChI=1S/C32H21Br2N3O4S2/c33-20-9-12-23(13-10-20)37-29(39)26-25(19-6-3-7-21(34)14-19)28-31(42-27(26)30(37)40)36(32(41)43-28)16-24(38)35-22-11-8-17-4-1-2-5-18(17)15-22/h1-15,25-27H,16H2,(H,35,38)/t25-,26?,27?/m1/s1. The Morgan fingerprint density at radius 2 is 1.58 bits per heavy atom. The number of nitrogens with zero attached hydrogens (tertiary/aromatic N) is 2. The predicted octanol–water partition coefficient (Wildman–Crippen LogP) is 7.02. The zero-order chi connectivity index (χ0) is 29.8. The van der Waals surface area contributed by atoms with Crippen LogP contribution in [0, 0.1) is 5.92 Å². The molecule has 5 aromatic rings. The minimum Gasteiger partial charge on any atom is -0.325 e. The quantitative estimate of drug-likeness (QED) is 0.196. The van der Waals surface area contributed by atoms with Crippen LogP contribution in [0.15, 0.2) is 110 Å². The first-order chi connectivity index (χ1) is 20.8. The van der Waals surface area contributed by atoms with E-state index in [9.17, 15) is 19.2 Å². The first kappa shape index (κ1) is 28.3. The molecule has 0 saturated carbocycles. The summed E-state index contributed by atoms with van der Waals surface area (Å²) in [5, 5.41) is 4.75. The molecule has 4 aromatic carbocycles. The van der Waals surface area contributed by atoms with Crippen molar-refractivity contribution < 1.29 is 14.4 Å². The molecule has 7 rings (SSSR count). The number of aromatic nitrogens is 1. The van der Waals surface area contributed by atoms with E-state index in [-0.39, 0.29) is 29.1 Å². The molecule has 7 nitrogen and oxygen atoms in total.